The Balaban J connectivity index is 1.69. The molecule has 25 heavy (non-hydrogen) atoms. The summed E-state index contributed by atoms with van der Waals surface area (Å²) in [4.78, 5) is 22.3. The first kappa shape index (κ1) is 16.1. The lowest BCUT2D eigenvalue weighted by atomic mass is 10.2. The van der Waals surface area contributed by atoms with E-state index in [9.17, 15) is 14.9 Å². The van der Waals surface area contributed by atoms with Crippen molar-refractivity contribution >= 4 is 23.4 Å². The van der Waals surface area contributed by atoms with Gasteiger partial charge in [0.25, 0.3) is 5.69 Å². The molecule has 124 valence electrons. The average Bonchev–Trinajstić information content (AvgIpc) is 3.15. The Hall–Kier alpha value is -3.74. The molecule has 2 aromatic carbocycles. The van der Waals surface area contributed by atoms with Gasteiger partial charge in [-0.2, -0.15) is 5.10 Å². The van der Waals surface area contributed by atoms with Crippen molar-refractivity contribution in [3.63, 3.8) is 0 Å². The van der Waals surface area contributed by atoms with Gasteiger partial charge in [-0.05, 0) is 35.9 Å². The van der Waals surface area contributed by atoms with Crippen molar-refractivity contribution in [2.45, 2.75) is 0 Å². The predicted octanol–water partition coefficient (Wildman–Crippen LogP) is 3.43. The van der Waals surface area contributed by atoms with Gasteiger partial charge < -0.3 is 5.32 Å². The fourth-order valence-corrected chi connectivity index (χ4v) is 2.25. The third-order valence-corrected chi connectivity index (χ3v) is 3.39. The van der Waals surface area contributed by atoms with Gasteiger partial charge in [-0.15, -0.1) is 0 Å². The van der Waals surface area contributed by atoms with Gasteiger partial charge in [0, 0.05) is 36.3 Å². The van der Waals surface area contributed by atoms with Crippen molar-refractivity contribution < 1.29 is 9.72 Å². The van der Waals surface area contributed by atoms with Crippen LogP contribution in [0.15, 0.2) is 73.1 Å². The second-order valence-electron chi connectivity index (χ2n) is 5.18. The molecule has 7 heteroatoms. The lowest BCUT2D eigenvalue weighted by Gasteiger charge is -2.06. The van der Waals surface area contributed by atoms with E-state index in [0.29, 0.717) is 11.3 Å². The van der Waals surface area contributed by atoms with E-state index in [2.05, 4.69) is 10.4 Å². The first-order chi connectivity index (χ1) is 12.1. The standard InChI is InChI=1S/C18H14N4O3/c23-18(9-8-14-4-1-7-17(12-14)22(24)25)20-15-5-2-6-16(13-15)21-11-3-10-19-21/h1-13H,(H,20,23). The van der Waals surface area contributed by atoms with E-state index in [-0.39, 0.29) is 11.6 Å². The van der Waals surface area contributed by atoms with Crippen molar-refractivity contribution in [1.29, 1.82) is 0 Å². The molecule has 1 amide bonds. The number of aromatic nitrogens is 2. The molecule has 3 rings (SSSR count). The van der Waals surface area contributed by atoms with Gasteiger partial charge in [0.1, 0.15) is 0 Å². The number of hydrogen-bond acceptors (Lipinski definition) is 4. The van der Waals surface area contributed by atoms with Crippen LogP contribution in [0.2, 0.25) is 0 Å². The summed E-state index contributed by atoms with van der Waals surface area (Å²) in [5, 5.41) is 17.6. The van der Waals surface area contributed by atoms with Crippen molar-refractivity contribution in [1.82, 2.24) is 9.78 Å². The molecule has 1 heterocycles. The summed E-state index contributed by atoms with van der Waals surface area (Å²) < 4.78 is 1.69. The second-order valence-corrected chi connectivity index (χ2v) is 5.18. The minimum absolute atomic E-state index is 0.0190. The minimum atomic E-state index is -0.474. The molecule has 7 nitrogen and oxygen atoms in total. The van der Waals surface area contributed by atoms with Crippen LogP contribution in [0.25, 0.3) is 11.8 Å². The number of benzene rings is 2. The summed E-state index contributed by atoms with van der Waals surface area (Å²) in [6.45, 7) is 0. The predicted molar refractivity (Wildman–Crippen MR) is 94.3 cm³/mol. The zero-order valence-electron chi connectivity index (χ0n) is 13.1. The molecule has 0 saturated carbocycles. The molecular weight excluding hydrogens is 320 g/mol. The number of anilines is 1. The van der Waals surface area contributed by atoms with E-state index in [0.717, 1.165) is 5.69 Å². The SMILES string of the molecule is O=C(C=Cc1cccc([N+](=O)[O-])c1)Nc1cccc(-n2cccn2)c1. The zero-order chi connectivity index (χ0) is 17.6. The Morgan fingerprint density at radius 1 is 1.16 bits per heavy atom. The first-order valence-electron chi connectivity index (χ1n) is 7.45. The number of non-ortho nitro benzene ring substituents is 1. The number of nitrogens with zero attached hydrogens (tertiary/aromatic N) is 3. The molecule has 0 aliphatic carbocycles. The monoisotopic (exact) mass is 334 g/mol. The summed E-state index contributed by atoms with van der Waals surface area (Å²) >= 11 is 0. The highest BCUT2D eigenvalue weighted by Gasteiger charge is 2.05. The topological polar surface area (TPSA) is 90.1 Å². The van der Waals surface area contributed by atoms with E-state index >= 15 is 0 Å². The highest BCUT2D eigenvalue weighted by Crippen LogP contribution is 2.16. The number of amides is 1. The fourth-order valence-electron chi connectivity index (χ4n) is 2.25. The van der Waals surface area contributed by atoms with E-state index < -0.39 is 4.92 Å². The van der Waals surface area contributed by atoms with Crippen molar-refractivity contribution in [2.24, 2.45) is 0 Å². The molecule has 1 aromatic heterocycles. The number of nitro groups is 1. The Kier molecular flexibility index (Phi) is 4.66. The molecule has 0 unspecified atom stereocenters. The van der Waals surface area contributed by atoms with Crippen LogP contribution in [0.5, 0.6) is 0 Å². The van der Waals surface area contributed by atoms with Gasteiger partial charge in [0.15, 0.2) is 0 Å². The Bertz CT molecular complexity index is 933. The highest BCUT2D eigenvalue weighted by molar-refractivity contribution is 6.02. The average molecular weight is 334 g/mol. The largest absolute Gasteiger partial charge is 0.322 e. The van der Waals surface area contributed by atoms with Crippen molar-refractivity contribution in [2.75, 3.05) is 5.32 Å². The molecule has 1 N–H and O–H groups in total. The van der Waals surface area contributed by atoms with Gasteiger partial charge in [-0.1, -0.05) is 18.2 Å². The molecule has 0 atom stereocenters. The molecule has 0 spiro atoms. The maximum Gasteiger partial charge on any atom is 0.270 e. The number of carbonyl (C=O) groups excluding carboxylic acids is 1. The second kappa shape index (κ2) is 7.22. The van der Waals surface area contributed by atoms with Gasteiger partial charge in [0.05, 0.1) is 10.6 Å². The Morgan fingerprint density at radius 2 is 2.00 bits per heavy atom. The number of rotatable bonds is 5. The molecule has 0 fully saturated rings. The van der Waals surface area contributed by atoms with Crippen LogP contribution in [0.3, 0.4) is 0 Å². The van der Waals surface area contributed by atoms with Crippen LogP contribution in [0.4, 0.5) is 11.4 Å². The molecule has 0 saturated heterocycles. The molecule has 0 aliphatic rings. The highest BCUT2D eigenvalue weighted by atomic mass is 16.6. The lowest BCUT2D eigenvalue weighted by molar-refractivity contribution is -0.384. The molecule has 0 bridgehead atoms. The summed E-state index contributed by atoms with van der Waals surface area (Å²) in [5.41, 5.74) is 2.01. The quantitative estimate of drug-likeness (QED) is 0.440. The van der Waals surface area contributed by atoms with Crippen LogP contribution >= 0.6 is 0 Å². The molecular formula is C18H14N4O3. The smallest absolute Gasteiger partial charge is 0.270 e. The third kappa shape index (κ3) is 4.17. The number of nitrogens with one attached hydrogen (secondary N) is 1. The summed E-state index contributed by atoms with van der Waals surface area (Å²) in [6.07, 6.45) is 6.34. The van der Waals surface area contributed by atoms with Gasteiger partial charge >= 0.3 is 0 Å². The summed E-state index contributed by atoms with van der Waals surface area (Å²) in [7, 11) is 0. The van der Waals surface area contributed by atoms with Crippen molar-refractivity contribution in [3.05, 3.63) is 88.7 Å². The molecule has 3 aromatic rings. The van der Waals surface area contributed by atoms with Crippen LogP contribution in [-0.2, 0) is 4.79 Å². The molecule has 0 aliphatic heterocycles. The Labute approximate surface area is 143 Å². The van der Waals surface area contributed by atoms with Crippen LogP contribution in [-0.4, -0.2) is 20.6 Å². The summed E-state index contributed by atoms with van der Waals surface area (Å²) in [6, 6.07) is 15.1. The normalized spacial score (nSPS) is 10.7. The number of hydrogen-bond donors (Lipinski definition) is 1. The van der Waals surface area contributed by atoms with Gasteiger partial charge in [0.2, 0.25) is 5.91 Å². The maximum atomic E-state index is 12.0. The van der Waals surface area contributed by atoms with Gasteiger partial charge in [-0.3, -0.25) is 14.9 Å². The first-order valence-corrected chi connectivity index (χ1v) is 7.45. The van der Waals surface area contributed by atoms with E-state index in [1.165, 1.54) is 24.3 Å². The van der Waals surface area contributed by atoms with E-state index in [1.54, 1.807) is 35.1 Å². The number of carbonyl (C=O) groups is 1. The van der Waals surface area contributed by atoms with E-state index in [1.807, 2.05) is 24.4 Å². The van der Waals surface area contributed by atoms with Crippen LogP contribution in [0.1, 0.15) is 5.56 Å². The fraction of sp³-hybridized carbons (Fsp3) is 0. The van der Waals surface area contributed by atoms with Crippen LogP contribution in [0, 0.1) is 10.1 Å². The van der Waals surface area contributed by atoms with Crippen LogP contribution < -0.4 is 5.32 Å². The minimum Gasteiger partial charge on any atom is -0.322 e. The lowest BCUT2D eigenvalue weighted by Crippen LogP contribution is -2.08. The summed E-state index contributed by atoms with van der Waals surface area (Å²) in [5.74, 6) is -0.330. The molecule has 0 radical (unpaired) electrons. The maximum absolute atomic E-state index is 12.0. The third-order valence-electron chi connectivity index (χ3n) is 3.39. The number of nitro benzene ring substituents is 1. The van der Waals surface area contributed by atoms with Crippen molar-refractivity contribution in [3.8, 4) is 5.69 Å². The van der Waals surface area contributed by atoms with E-state index in [4.69, 9.17) is 0 Å². The van der Waals surface area contributed by atoms with Gasteiger partial charge in [-0.25, -0.2) is 4.68 Å². The Morgan fingerprint density at radius 3 is 2.76 bits per heavy atom. The zero-order valence-corrected chi connectivity index (χ0v) is 13.1.